The molecule has 0 spiro atoms. The minimum Gasteiger partial charge on any atom is -0.458 e. The minimum absolute atomic E-state index is 0.0688. The summed E-state index contributed by atoms with van der Waals surface area (Å²) in [5.74, 6) is 2.33. The van der Waals surface area contributed by atoms with Crippen molar-refractivity contribution in [1.82, 2.24) is 14.1 Å². The van der Waals surface area contributed by atoms with E-state index >= 15 is 0 Å². The minimum atomic E-state index is -0.209. The monoisotopic (exact) mass is 880 g/mol. The summed E-state index contributed by atoms with van der Waals surface area (Å²) >= 11 is 0. The van der Waals surface area contributed by atoms with Gasteiger partial charge in [0.15, 0.2) is 0 Å². The Morgan fingerprint density at radius 1 is 0.544 bits per heavy atom. The van der Waals surface area contributed by atoms with Crippen molar-refractivity contribution in [3.05, 3.63) is 229 Å². The normalized spacial score (nSPS) is 12.7. The summed E-state index contributed by atoms with van der Waals surface area (Å²) in [6.45, 7) is 11.0. The van der Waals surface area contributed by atoms with E-state index in [2.05, 4.69) is 258 Å². The number of para-hydroxylation sites is 6. The number of aryl methyl sites for hydroxylation is 2. The zero-order valence-corrected chi connectivity index (χ0v) is 38.8. The first kappa shape index (κ1) is 41.1. The SMILES string of the molecule is Cc1cccc(C)c1B1N(c2ccccc2)c2ccc(Oc3cccc(-n4[c-][n+](-c5cccc6c7ccccc7n(-c7ccccc7)c56)c5ccccc54)c3)cc2N1c1cc(C(C)(C)C)ccn1. The number of imidazole rings is 1. The fourth-order valence-electron chi connectivity index (χ4n) is 10.2. The van der Waals surface area contributed by atoms with Crippen LogP contribution in [0.25, 0.3) is 49.9 Å². The molecule has 8 heteroatoms. The first-order chi connectivity index (χ1) is 33.2. The lowest BCUT2D eigenvalue weighted by molar-refractivity contribution is -0.571. The van der Waals surface area contributed by atoms with Crippen molar-refractivity contribution < 1.29 is 9.30 Å². The van der Waals surface area contributed by atoms with Gasteiger partial charge in [-0.05, 0) is 109 Å². The van der Waals surface area contributed by atoms with Crippen LogP contribution in [-0.2, 0) is 5.41 Å². The Bertz CT molecular complexity index is 3680. The van der Waals surface area contributed by atoms with E-state index in [1.807, 2.05) is 12.3 Å². The van der Waals surface area contributed by atoms with Crippen LogP contribution >= 0.6 is 0 Å². The maximum Gasteiger partial charge on any atom is 0.422 e. The number of benzene rings is 8. The van der Waals surface area contributed by atoms with Gasteiger partial charge in [-0.1, -0.05) is 147 Å². The fourth-order valence-corrected chi connectivity index (χ4v) is 10.2. The van der Waals surface area contributed by atoms with Gasteiger partial charge in [0.25, 0.3) is 6.33 Å². The van der Waals surface area contributed by atoms with Crippen LogP contribution in [-0.4, -0.2) is 21.1 Å². The number of rotatable bonds is 8. The van der Waals surface area contributed by atoms with Crippen LogP contribution in [0.1, 0.15) is 37.5 Å². The Morgan fingerprint density at radius 3 is 1.97 bits per heavy atom. The predicted molar refractivity (Wildman–Crippen MR) is 279 cm³/mol. The quantitative estimate of drug-likeness (QED) is 0.0866. The summed E-state index contributed by atoms with van der Waals surface area (Å²) in [4.78, 5) is 9.94. The second kappa shape index (κ2) is 16.2. The van der Waals surface area contributed by atoms with Gasteiger partial charge >= 0.3 is 6.98 Å². The summed E-state index contributed by atoms with van der Waals surface area (Å²) in [6.07, 6.45) is 5.74. The number of fused-ring (bicyclic) bond motifs is 5. The summed E-state index contributed by atoms with van der Waals surface area (Å²) < 4.78 is 13.6. The van der Waals surface area contributed by atoms with Gasteiger partial charge in [-0.3, -0.25) is 9.13 Å². The van der Waals surface area contributed by atoms with Crippen molar-refractivity contribution in [2.75, 3.05) is 9.62 Å². The molecule has 0 fully saturated rings. The molecule has 1 aliphatic heterocycles. The lowest BCUT2D eigenvalue weighted by atomic mass is 9.61. The molecule has 0 atom stereocenters. The lowest BCUT2D eigenvalue weighted by Gasteiger charge is -2.32. The Balaban J connectivity index is 0.977. The lowest BCUT2D eigenvalue weighted by Crippen LogP contribution is -2.55. The maximum absolute atomic E-state index is 6.91. The second-order valence-corrected chi connectivity index (χ2v) is 18.8. The highest BCUT2D eigenvalue weighted by Crippen LogP contribution is 2.48. The molecule has 0 N–H and O–H groups in total. The number of anilines is 4. The van der Waals surface area contributed by atoms with Gasteiger partial charge in [0.2, 0.25) is 0 Å². The van der Waals surface area contributed by atoms with Crippen LogP contribution in [0.5, 0.6) is 11.5 Å². The molecule has 3 aromatic heterocycles. The third kappa shape index (κ3) is 6.82. The molecular weight excluding hydrogens is 832 g/mol. The highest BCUT2D eigenvalue weighted by Gasteiger charge is 2.46. The van der Waals surface area contributed by atoms with Gasteiger partial charge in [0, 0.05) is 34.4 Å². The van der Waals surface area contributed by atoms with E-state index in [4.69, 9.17) is 9.72 Å². The summed E-state index contributed by atoms with van der Waals surface area (Å²) in [5, 5.41) is 2.40. The van der Waals surface area contributed by atoms with E-state index in [1.54, 1.807) is 0 Å². The average Bonchev–Trinajstić information content (AvgIpc) is 4.03. The highest BCUT2D eigenvalue weighted by molar-refractivity contribution is 6.85. The van der Waals surface area contributed by atoms with E-state index < -0.39 is 0 Å². The summed E-state index contributed by atoms with van der Waals surface area (Å²) in [7, 11) is 0. The smallest absolute Gasteiger partial charge is 0.422 e. The Kier molecular flexibility index (Phi) is 9.80. The van der Waals surface area contributed by atoms with Crippen molar-refractivity contribution in [1.29, 1.82) is 0 Å². The molecule has 328 valence electrons. The number of hydrogen-bond donors (Lipinski definition) is 0. The molecule has 11 aromatic rings. The largest absolute Gasteiger partial charge is 0.458 e. The maximum atomic E-state index is 6.91. The molecule has 0 radical (unpaired) electrons. The topological polar surface area (TPSA) is 42.3 Å². The molecule has 8 aromatic carbocycles. The second-order valence-electron chi connectivity index (χ2n) is 18.8. The Hall–Kier alpha value is -8.36. The number of aromatic nitrogens is 4. The van der Waals surface area contributed by atoms with Gasteiger partial charge in [-0.25, -0.2) is 4.98 Å². The first-order valence-corrected chi connectivity index (χ1v) is 23.3. The summed E-state index contributed by atoms with van der Waals surface area (Å²) in [5.41, 5.74) is 15.5. The number of ether oxygens (including phenoxy) is 1. The molecule has 1 aliphatic rings. The molecular formula is C60H49BN6O. The zero-order chi connectivity index (χ0) is 46.1. The van der Waals surface area contributed by atoms with Crippen molar-refractivity contribution in [2.45, 2.75) is 40.0 Å². The first-order valence-electron chi connectivity index (χ1n) is 23.3. The van der Waals surface area contributed by atoms with Crippen molar-refractivity contribution in [3.8, 4) is 28.6 Å². The van der Waals surface area contributed by atoms with E-state index in [9.17, 15) is 0 Å². The number of pyridine rings is 1. The van der Waals surface area contributed by atoms with Crippen LogP contribution in [0.4, 0.5) is 22.9 Å². The molecule has 0 saturated carbocycles. The third-order valence-electron chi connectivity index (χ3n) is 13.5. The van der Waals surface area contributed by atoms with Gasteiger partial charge in [-0.15, -0.1) is 0 Å². The van der Waals surface area contributed by atoms with E-state index in [0.29, 0.717) is 0 Å². The van der Waals surface area contributed by atoms with Crippen LogP contribution < -0.4 is 24.4 Å². The van der Waals surface area contributed by atoms with Gasteiger partial charge in [-0.2, -0.15) is 0 Å². The molecule has 68 heavy (non-hydrogen) atoms. The molecule has 0 saturated heterocycles. The van der Waals surface area contributed by atoms with E-state index in [-0.39, 0.29) is 12.4 Å². The van der Waals surface area contributed by atoms with Crippen molar-refractivity contribution >= 4 is 68.2 Å². The Morgan fingerprint density at radius 2 is 1.19 bits per heavy atom. The molecule has 0 amide bonds. The third-order valence-corrected chi connectivity index (χ3v) is 13.5. The molecule has 4 heterocycles. The standard InChI is InChI=1S/C60H49BN6O/c1-41-19-16-20-42(2)58(41)61-66(45-23-10-7-11-24-45)54-34-33-48(39-56(54)67(61)57-37-43(35-36-62-57)60(3,4)5)68-47-26-17-25-46(38-47)63-40-64(53-31-15-14-30-52(53)63)55-32-18-28-50-49-27-12-13-29-51(49)65(59(50)55)44-21-8-6-9-22-44/h6-39H,1-5H3. The van der Waals surface area contributed by atoms with Crippen LogP contribution in [0, 0.1) is 20.2 Å². The van der Waals surface area contributed by atoms with Crippen molar-refractivity contribution in [2.24, 2.45) is 0 Å². The van der Waals surface area contributed by atoms with Gasteiger partial charge in [0.05, 0.1) is 44.8 Å². The van der Waals surface area contributed by atoms with Gasteiger partial charge in [0.1, 0.15) is 17.3 Å². The predicted octanol–water partition coefficient (Wildman–Crippen LogP) is 13.6. The molecule has 0 bridgehead atoms. The van der Waals surface area contributed by atoms with Crippen LogP contribution in [0.3, 0.4) is 0 Å². The highest BCUT2D eigenvalue weighted by atomic mass is 16.5. The average molecular weight is 881 g/mol. The number of hydrogen-bond acceptors (Lipinski definition) is 4. The molecule has 12 rings (SSSR count). The molecule has 0 unspecified atom stereocenters. The molecule has 7 nitrogen and oxygen atoms in total. The summed E-state index contributed by atoms with van der Waals surface area (Å²) in [6, 6.07) is 70.8. The van der Waals surface area contributed by atoms with Crippen LogP contribution in [0.15, 0.2) is 206 Å². The Labute approximate surface area is 397 Å². The molecule has 0 aliphatic carbocycles. The van der Waals surface area contributed by atoms with Crippen molar-refractivity contribution in [3.63, 3.8) is 0 Å². The van der Waals surface area contributed by atoms with Crippen LogP contribution in [0.2, 0.25) is 0 Å². The van der Waals surface area contributed by atoms with E-state index in [1.165, 1.54) is 32.9 Å². The zero-order valence-electron chi connectivity index (χ0n) is 38.8. The fraction of sp³-hybridized carbons (Fsp3) is 0.100. The number of nitrogens with zero attached hydrogens (tertiary/aromatic N) is 6. The van der Waals surface area contributed by atoms with Gasteiger partial charge < -0.3 is 18.9 Å². The van der Waals surface area contributed by atoms with E-state index in [0.717, 1.165) is 73.5 Å².